The molecule has 0 spiro atoms. The number of nitrogens with one attached hydrogen (secondary N) is 1. The molecule has 3 aromatic heterocycles. The zero-order valence-corrected chi connectivity index (χ0v) is 22.2. The van der Waals surface area contributed by atoms with Gasteiger partial charge in [-0.1, -0.05) is 30.3 Å². The van der Waals surface area contributed by atoms with Crippen molar-refractivity contribution in [2.75, 3.05) is 19.5 Å². The molecular weight excluding hydrogens is 525 g/mol. The Morgan fingerprint density at radius 1 is 0.878 bits per heavy atom. The first-order chi connectivity index (χ1) is 20.0. The van der Waals surface area contributed by atoms with Gasteiger partial charge in [-0.05, 0) is 41.3 Å². The van der Waals surface area contributed by atoms with E-state index >= 15 is 4.39 Å². The fourth-order valence-corrected chi connectivity index (χ4v) is 4.56. The standard InChI is InChI=1S/C31H24FN5O4/c1-39-26-15-22-24(16-27(26)40-2)34-18-35-30(22)41-25-9-8-21(14-23(25)32)36-29-28-20(10-12-33-29)11-13-37(31(28)38)17-19-6-4-3-5-7-19/h3-16,18H,17H2,1-2H3,(H,33,36). The molecule has 204 valence electrons. The molecule has 0 bridgehead atoms. The molecule has 9 nitrogen and oxygen atoms in total. The third-order valence-corrected chi connectivity index (χ3v) is 6.59. The summed E-state index contributed by atoms with van der Waals surface area (Å²) in [5.74, 6) is 0.770. The Kier molecular flexibility index (Phi) is 6.87. The molecule has 0 aliphatic carbocycles. The van der Waals surface area contributed by atoms with Crippen LogP contribution in [0.4, 0.5) is 15.9 Å². The zero-order valence-electron chi connectivity index (χ0n) is 22.2. The molecule has 1 N–H and O–H groups in total. The molecule has 0 fully saturated rings. The third-order valence-electron chi connectivity index (χ3n) is 6.59. The van der Waals surface area contributed by atoms with Crippen LogP contribution in [0.2, 0.25) is 0 Å². The van der Waals surface area contributed by atoms with Crippen molar-refractivity contribution in [1.29, 1.82) is 0 Å². The second kappa shape index (κ2) is 10.9. The fourth-order valence-electron chi connectivity index (χ4n) is 4.56. The van der Waals surface area contributed by atoms with Crippen LogP contribution in [0.15, 0.2) is 96.3 Å². The summed E-state index contributed by atoms with van der Waals surface area (Å²) in [5.41, 5.74) is 1.74. The third kappa shape index (κ3) is 5.10. The molecule has 0 aliphatic heterocycles. The lowest BCUT2D eigenvalue weighted by Gasteiger charge is -2.13. The quantitative estimate of drug-likeness (QED) is 0.244. The summed E-state index contributed by atoms with van der Waals surface area (Å²) in [7, 11) is 3.05. The van der Waals surface area contributed by atoms with Crippen LogP contribution in [-0.2, 0) is 6.54 Å². The average Bonchev–Trinajstić information content (AvgIpc) is 3.00. The molecule has 6 rings (SSSR count). The van der Waals surface area contributed by atoms with Gasteiger partial charge in [-0.3, -0.25) is 4.79 Å². The van der Waals surface area contributed by atoms with Gasteiger partial charge in [0.05, 0.1) is 37.1 Å². The SMILES string of the molecule is COc1cc2ncnc(Oc3ccc(Nc4nccc5ccn(Cc6ccccc6)c(=O)c45)cc3F)c2cc1OC. The summed E-state index contributed by atoms with van der Waals surface area (Å²) < 4.78 is 33.4. The predicted molar refractivity (Wildman–Crippen MR) is 154 cm³/mol. The first-order valence-corrected chi connectivity index (χ1v) is 12.7. The van der Waals surface area contributed by atoms with Crippen molar-refractivity contribution in [2.24, 2.45) is 0 Å². The molecule has 0 saturated carbocycles. The molecule has 41 heavy (non-hydrogen) atoms. The van der Waals surface area contributed by atoms with Crippen molar-refractivity contribution in [3.8, 4) is 23.1 Å². The van der Waals surface area contributed by atoms with Crippen LogP contribution in [0.5, 0.6) is 23.1 Å². The van der Waals surface area contributed by atoms with Gasteiger partial charge in [0.2, 0.25) is 5.88 Å². The van der Waals surface area contributed by atoms with Gasteiger partial charge in [0, 0.05) is 30.2 Å². The van der Waals surface area contributed by atoms with Crippen molar-refractivity contribution in [3.63, 3.8) is 0 Å². The molecular formula is C31H24FN5O4. The normalized spacial score (nSPS) is 11.0. The fraction of sp³-hybridized carbons (Fsp3) is 0.0968. The Hall–Kier alpha value is -5.51. The summed E-state index contributed by atoms with van der Waals surface area (Å²) in [4.78, 5) is 26.2. The lowest BCUT2D eigenvalue weighted by molar-refractivity contribution is 0.355. The Morgan fingerprint density at radius 3 is 2.46 bits per heavy atom. The summed E-state index contributed by atoms with van der Waals surface area (Å²) >= 11 is 0. The van der Waals surface area contributed by atoms with Gasteiger partial charge < -0.3 is 24.1 Å². The number of benzene rings is 3. The second-order valence-corrected chi connectivity index (χ2v) is 9.13. The van der Waals surface area contributed by atoms with E-state index in [1.807, 2.05) is 36.4 Å². The minimum atomic E-state index is -0.635. The van der Waals surface area contributed by atoms with E-state index in [0.717, 1.165) is 10.9 Å². The maximum absolute atomic E-state index is 15.3. The molecule has 0 atom stereocenters. The highest BCUT2D eigenvalue weighted by atomic mass is 19.1. The molecule has 3 aromatic carbocycles. The molecule has 0 amide bonds. The topological polar surface area (TPSA) is 100 Å². The van der Waals surface area contributed by atoms with Gasteiger partial charge in [0.25, 0.3) is 5.56 Å². The number of pyridine rings is 2. The van der Waals surface area contributed by atoms with E-state index in [-0.39, 0.29) is 17.2 Å². The molecule has 0 aliphatic rings. The molecule has 0 radical (unpaired) electrons. The number of ether oxygens (including phenoxy) is 3. The first-order valence-electron chi connectivity index (χ1n) is 12.7. The highest BCUT2D eigenvalue weighted by Crippen LogP contribution is 2.36. The van der Waals surface area contributed by atoms with Crippen LogP contribution < -0.4 is 25.1 Å². The zero-order chi connectivity index (χ0) is 28.3. The van der Waals surface area contributed by atoms with Gasteiger partial charge in [-0.2, -0.15) is 0 Å². The number of nitrogens with zero attached hydrogens (tertiary/aromatic N) is 4. The largest absolute Gasteiger partial charge is 0.493 e. The Bertz CT molecular complexity index is 1950. The minimum absolute atomic E-state index is 0.0403. The monoisotopic (exact) mass is 549 g/mol. The predicted octanol–water partition coefficient (Wildman–Crippen LogP) is 6.08. The summed E-state index contributed by atoms with van der Waals surface area (Å²) in [5, 5.41) is 4.75. The van der Waals surface area contributed by atoms with E-state index in [1.165, 1.54) is 32.7 Å². The summed E-state index contributed by atoms with van der Waals surface area (Å²) in [6.07, 6.45) is 4.69. The Labute approximate surface area is 233 Å². The van der Waals surface area contributed by atoms with E-state index in [1.54, 1.807) is 41.2 Å². The van der Waals surface area contributed by atoms with Crippen LogP contribution >= 0.6 is 0 Å². The smallest absolute Gasteiger partial charge is 0.262 e. The number of anilines is 2. The molecule has 0 saturated heterocycles. The van der Waals surface area contributed by atoms with E-state index in [2.05, 4.69) is 20.3 Å². The first kappa shape index (κ1) is 25.8. The lowest BCUT2D eigenvalue weighted by Crippen LogP contribution is -2.21. The molecule has 3 heterocycles. The van der Waals surface area contributed by atoms with E-state index in [4.69, 9.17) is 14.2 Å². The van der Waals surface area contributed by atoms with Crippen LogP contribution in [0.25, 0.3) is 21.7 Å². The van der Waals surface area contributed by atoms with Gasteiger partial charge in [0.15, 0.2) is 23.1 Å². The molecule has 0 unspecified atom stereocenters. The lowest BCUT2D eigenvalue weighted by atomic mass is 10.2. The minimum Gasteiger partial charge on any atom is -0.493 e. The maximum atomic E-state index is 15.3. The number of hydrogen-bond acceptors (Lipinski definition) is 8. The van der Waals surface area contributed by atoms with Crippen LogP contribution in [0.1, 0.15) is 5.56 Å². The summed E-state index contributed by atoms with van der Waals surface area (Å²) in [6.45, 7) is 0.418. The van der Waals surface area contributed by atoms with Crippen molar-refractivity contribution >= 4 is 33.2 Å². The van der Waals surface area contributed by atoms with Gasteiger partial charge in [0.1, 0.15) is 12.1 Å². The number of methoxy groups -OCH3 is 2. The summed E-state index contributed by atoms with van der Waals surface area (Å²) in [6, 6.07) is 21.1. The Balaban J connectivity index is 1.30. The molecule has 6 aromatic rings. The van der Waals surface area contributed by atoms with Crippen molar-refractivity contribution in [1.82, 2.24) is 19.5 Å². The van der Waals surface area contributed by atoms with E-state index < -0.39 is 5.82 Å². The number of hydrogen-bond donors (Lipinski definition) is 1. The Morgan fingerprint density at radius 2 is 1.68 bits per heavy atom. The van der Waals surface area contributed by atoms with Gasteiger partial charge >= 0.3 is 0 Å². The number of aromatic nitrogens is 4. The van der Waals surface area contributed by atoms with Crippen LogP contribution in [0.3, 0.4) is 0 Å². The maximum Gasteiger partial charge on any atom is 0.262 e. The van der Waals surface area contributed by atoms with Crippen molar-refractivity contribution < 1.29 is 18.6 Å². The van der Waals surface area contributed by atoms with Crippen LogP contribution in [0, 0.1) is 5.82 Å². The van der Waals surface area contributed by atoms with Crippen LogP contribution in [-0.4, -0.2) is 33.7 Å². The van der Waals surface area contributed by atoms with Crippen molar-refractivity contribution in [2.45, 2.75) is 6.54 Å². The van der Waals surface area contributed by atoms with Crippen molar-refractivity contribution in [3.05, 3.63) is 113 Å². The second-order valence-electron chi connectivity index (χ2n) is 9.13. The van der Waals surface area contributed by atoms with Gasteiger partial charge in [-0.15, -0.1) is 0 Å². The number of fused-ring (bicyclic) bond motifs is 2. The highest BCUT2D eigenvalue weighted by molar-refractivity contribution is 5.92. The van der Waals surface area contributed by atoms with Gasteiger partial charge in [-0.25, -0.2) is 19.3 Å². The number of halogens is 1. The van der Waals surface area contributed by atoms with E-state index in [9.17, 15) is 4.79 Å². The average molecular weight is 550 g/mol. The molecule has 10 heteroatoms. The highest BCUT2D eigenvalue weighted by Gasteiger charge is 2.16. The number of rotatable bonds is 8. The van der Waals surface area contributed by atoms with E-state index in [0.29, 0.717) is 45.8 Å².